The van der Waals surface area contributed by atoms with Gasteiger partial charge in [-0.25, -0.2) is 0 Å². The summed E-state index contributed by atoms with van der Waals surface area (Å²) in [5, 5.41) is -0.434. The molecule has 0 heterocycles. The van der Waals surface area contributed by atoms with Gasteiger partial charge in [-0.15, -0.1) is 0 Å². The largest absolute Gasteiger partial charge is 0.454 e. The van der Waals surface area contributed by atoms with Crippen LogP contribution >= 0.6 is 72.3 Å². The lowest BCUT2D eigenvalue weighted by atomic mass is 10.4. The summed E-state index contributed by atoms with van der Waals surface area (Å²) in [5.41, 5.74) is 0. The molecule has 0 unspecified atom stereocenters. The Bertz CT molecular complexity index is 814. The van der Waals surface area contributed by atoms with Crippen LogP contribution in [0.25, 0.3) is 0 Å². The third-order valence-electron chi connectivity index (χ3n) is 5.07. The van der Waals surface area contributed by atoms with Crippen LogP contribution in [0.1, 0.15) is 51.4 Å². The minimum Gasteiger partial charge on any atom is -0.454 e. The summed E-state index contributed by atoms with van der Waals surface area (Å²) in [6, 6.07) is 0. The first kappa shape index (κ1) is 46.5. The van der Waals surface area contributed by atoms with E-state index in [4.69, 9.17) is 33.2 Å². The number of hydrogen-bond acceptors (Lipinski definition) is 19. The van der Waals surface area contributed by atoms with E-state index in [1.165, 1.54) is 0 Å². The van der Waals surface area contributed by atoms with E-state index in [1.54, 1.807) is 0 Å². The van der Waals surface area contributed by atoms with Crippen molar-refractivity contribution in [3.63, 3.8) is 0 Å². The summed E-state index contributed by atoms with van der Waals surface area (Å²) in [4.78, 5) is 69.4. The van der Waals surface area contributed by atoms with Crippen LogP contribution in [-0.4, -0.2) is 121 Å². The van der Waals surface area contributed by atoms with Crippen LogP contribution in [0, 0.1) is 0 Å². The molecule has 0 spiro atoms. The van der Waals surface area contributed by atoms with Crippen molar-refractivity contribution >= 4 is 105 Å². The minimum atomic E-state index is -0.394. The zero-order valence-electron chi connectivity index (χ0n) is 26.4. The molecule has 0 aliphatic rings. The number of hydrogen-bond donors (Lipinski definition) is 2. The van der Waals surface area contributed by atoms with Gasteiger partial charge in [0.1, 0.15) is 11.9 Å². The van der Waals surface area contributed by atoms with Gasteiger partial charge < -0.3 is 33.2 Å². The van der Waals surface area contributed by atoms with Gasteiger partial charge in [-0.05, 0) is 36.4 Å². The molecule has 0 aliphatic heterocycles. The molecule has 19 heteroatoms. The van der Waals surface area contributed by atoms with Gasteiger partial charge in [0, 0.05) is 63.6 Å². The molecular formula is C28H46O13S6. The fourth-order valence-electron chi connectivity index (χ4n) is 2.72. The Balaban J connectivity index is 3.39. The summed E-state index contributed by atoms with van der Waals surface area (Å²) in [7, 11) is 0. The van der Waals surface area contributed by atoms with E-state index in [0.29, 0.717) is 64.0 Å². The van der Waals surface area contributed by atoms with Gasteiger partial charge in [-0.1, -0.05) is 23.5 Å². The molecule has 0 amide bonds. The zero-order chi connectivity index (χ0) is 34.8. The summed E-state index contributed by atoms with van der Waals surface area (Å²) in [5.74, 6) is 0.251. The van der Waals surface area contributed by atoms with E-state index in [9.17, 15) is 28.8 Å². The van der Waals surface area contributed by atoms with Crippen molar-refractivity contribution in [2.45, 2.75) is 51.4 Å². The van der Waals surface area contributed by atoms with Crippen molar-refractivity contribution in [3.05, 3.63) is 0 Å². The van der Waals surface area contributed by atoms with Crippen LogP contribution in [0.2, 0.25) is 0 Å². The van der Waals surface area contributed by atoms with Crippen LogP contribution in [-0.2, 0) is 61.9 Å². The van der Waals surface area contributed by atoms with E-state index in [1.807, 2.05) is 0 Å². The summed E-state index contributed by atoms with van der Waals surface area (Å²) in [6.07, 6.45) is 2.62. The standard InChI is InChI=1S/C28H46O13S6/c29-23(7-17-42)40-21-46-27(33)5-15-38-19-44-25(31)3-13-36-11-1-9-35-10-2-12-37-14-4-26(32)45-20-39-16-6-28(34)47-22-41-24(30)8-18-43/h42-43H,1-22H2. The van der Waals surface area contributed by atoms with Crippen LogP contribution < -0.4 is 0 Å². The number of thioether (sulfide) groups is 4. The number of carbonyl (C=O) groups excluding carboxylic acids is 6. The van der Waals surface area contributed by atoms with E-state index in [0.717, 1.165) is 47.0 Å². The Morgan fingerprint density at radius 3 is 1.02 bits per heavy atom. The topological polar surface area (TPSA) is 167 Å². The number of rotatable bonds is 32. The van der Waals surface area contributed by atoms with Gasteiger partial charge in [0.05, 0.1) is 51.1 Å². The van der Waals surface area contributed by atoms with Gasteiger partial charge in [-0.2, -0.15) is 25.3 Å². The highest BCUT2D eigenvalue weighted by Gasteiger charge is 2.09. The normalized spacial score (nSPS) is 10.9. The molecule has 0 rings (SSSR count). The summed E-state index contributed by atoms with van der Waals surface area (Å²) < 4.78 is 36.7. The van der Waals surface area contributed by atoms with Crippen LogP contribution in [0.3, 0.4) is 0 Å². The summed E-state index contributed by atoms with van der Waals surface area (Å²) in [6.45, 7) is 2.97. The average Bonchev–Trinajstić information content (AvgIpc) is 3.03. The lowest BCUT2D eigenvalue weighted by Crippen LogP contribution is -2.09. The molecule has 0 saturated heterocycles. The van der Waals surface area contributed by atoms with E-state index >= 15 is 0 Å². The molecule has 0 aromatic rings. The van der Waals surface area contributed by atoms with Crippen LogP contribution in [0.5, 0.6) is 0 Å². The predicted molar refractivity (Wildman–Crippen MR) is 191 cm³/mol. The highest BCUT2D eigenvalue weighted by molar-refractivity contribution is 8.14. The second kappa shape index (κ2) is 35.3. The van der Waals surface area contributed by atoms with Crippen molar-refractivity contribution in [1.29, 1.82) is 0 Å². The lowest BCUT2D eigenvalue weighted by Gasteiger charge is -2.07. The first-order valence-corrected chi connectivity index (χ1v) is 20.0. The summed E-state index contributed by atoms with van der Waals surface area (Å²) >= 11 is 11.7. The number of ether oxygens (including phenoxy) is 7. The van der Waals surface area contributed by atoms with Gasteiger partial charge >= 0.3 is 11.9 Å². The Kier molecular flexibility index (Phi) is 35.0. The smallest absolute Gasteiger partial charge is 0.307 e. The quantitative estimate of drug-likeness (QED) is 0.0435. The highest BCUT2D eigenvalue weighted by Crippen LogP contribution is 2.11. The SMILES string of the molecule is O=C(CCS)OCSC(=O)CCOCSC(=O)CCOCCCOCCCOCCC(=O)SCOCCC(=O)SCOC(=O)CCS. The second-order valence-electron chi connectivity index (χ2n) is 8.88. The molecule has 0 atom stereocenters. The van der Waals surface area contributed by atoms with Crippen molar-refractivity contribution in [2.75, 3.05) is 88.1 Å². The number of esters is 2. The molecule has 0 fully saturated rings. The molecule has 0 bridgehead atoms. The maximum Gasteiger partial charge on any atom is 0.307 e. The molecule has 0 aromatic heterocycles. The molecule has 0 aliphatic carbocycles. The lowest BCUT2D eigenvalue weighted by molar-refractivity contribution is -0.141. The average molecular weight is 783 g/mol. The van der Waals surface area contributed by atoms with Gasteiger partial charge in [-0.3, -0.25) is 28.8 Å². The maximum absolute atomic E-state index is 11.9. The first-order chi connectivity index (χ1) is 22.8. The van der Waals surface area contributed by atoms with Crippen LogP contribution in [0.15, 0.2) is 0 Å². The predicted octanol–water partition coefficient (Wildman–Crippen LogP) is 4.01. The zero-order valence-corrected chi connectivity index (χ0v) is 31.4. The highest BCUT2D eigenvalue weighted by atomic mass is 32.2. The molecule has 47 heavy (non-hydrogen) atoms. The van der Waals surface area contributed by atoms with Gasteiger partial charge in [0.15, 0.2) is 20.5 Å². The maximum atomic E-state index is 11.9. The molecular weight excluding hydrogens is 737 g/mol. The minimum absolute atomic E-state index is 0.0285. The Morgan fingerprint density at radius 2 is 0.681 bits per heavy atom. The fraction of sp³-hybridized carbons (Fsp3) is 0.786. The molecule has 0 radical (unpaired) electrons. The van der Waals surface area contributed by atoms with Gasteiger partial charge in [0.25, 0.3) is 0 Å². The monoisotopic (exact) mass is 782 g/mol. The third kappa shape index (κ3) is 35.2. The molecule has 0 N–H and O–H groups in total. The first-order valence-electron chi connectivity index (χ1n) is 14.8. The molecule has 0 aromatic carbocycles. The Morgan fingerprint density at radius 1 is 0.383 bits per heavy atom. The Labute approximate surface area is 304 Å². The van der Waals surface area contributed by atoms with E-state index in [-0.39, 0.29) is 96.0 Å². The van der Waals surface area contributed by atoms with E-state index < -0.39 is 11.9 Å². The fourth-order valence-corrected chi connectivity index (χ4v) is 5.31. The van der Waals surface area contributed by atoms with Crippen molar-refractivity contribution in [2.24, 2.45) is 0 Å². The van der Waals surface area contributed by atoms with Crippen molar-refractivity contribution in [1.82, 2.24) is 0 Å². The van der Waals surface area contributed by atoms with Crippen LogP contribution in [0.4, 0.5) is 0 Å². The van der Waals surface area contributed by atoms with Crippen molar-refractivity contribution in [3.8, 4) is 0 Å². The second-order valence-corrected chi connectivity index (χ2v) is 13.7. The molecule has 0 saturated carbocycles. The van der Waals surface area contributed by atoms with Gasteiger partial charge in [0.2, 0.25) is 0 Å². The van der Waals surface area contributed by atoms with Crippen molar-refractivity contribution < 1.29 is 61.9 Å². The Hall–Kier alpha value is -0.480. The number of thiol groups is 2. The number of carbonyl (C=O) groups is 6. The van der Waals surface area contributed by atoms with E-state index in [2.05, 4.69) is 25.3 Å². The molecule has 272 valence electrons. The molecule has 13 nitrogen and oxygen atoms in total. The third-order valence-corrected chi connectivity index (χ3v) is 8.67.